The van der Waals surface area contributed by atoms with Gasteiger partial charge in [0.05, 0.1) is 25.2 Å². The molecule has 2 aliphatic heterocycles. The zero-order valence-electron chi connectivity index (χ0n) is 14.8. The van der Waals surface area contributed by atoms with E-state index in [1.165, 1.54) is 0 Å². The van der Waals surface area contributed by atoms with Crippen LogP contribution in [0.25, 0.3) is 0 Å². The number of morpholine rings is 1. The highest BCUT2D eigenvalue weighted by molar-refractivity contribution is 5.76. The average molecular weight is 335 g/mol. The number of imidazole rings is 1. The van der Waals surface area contributed by atoms with Gasteiger partial charge < -0.3 is 19.5 Å². The fourth-order valence-electron chi connectivity index (χ4n) is 3.45. The lowest BCUT2D eigenvalue weighted by Crippen LogP contribution is -2.48. The van der Waals surface area contributed by atoms with Gasteiger partial charge in [-0.1, -0.05) is 0 Å². The summed E-state index contributed by atoms with van der Waals surface area (Å²) in [6.45, 7) is 8.76. The maximum atomic E-state index is 12.7. The molecule has 1 aromatic rings. The van der Waals surface area contributed by atoms with Crippen molar-refractivity contribution in [3.05, 3.63) is 17.7 Å². The fourth-order valence-corrected chi connectivity index (χ4v) is 3.45. The molecule has 1 amide bonds. The van der Waals surface area contributed by atoms with Crippen LogP contribution < -0.4 is 0 Å². The Morgan fingerprint density at radius 1 is 1.33 bits per heavy atom. The Balaban J connectivity index is 1.58. The van der Waals surface area contributed by atoms with Crippen LogP contribution in [0.2, 0.25) is 0 Å². The third-order valence-electron chi connectivity index (χ3n) is 5.12. The summed E-state index contributed by atoms with van der Waals surface area (Å²) in [5, 5.41) is 0. The number of hydrogen-bond donors (Lipinski definition) is 1. The van der Waals surface area contributed by atoms with E-state index in [0.717, 1.165) is 63.7 Å². The lowest BCUT2D eigenvalue weighted by Gasteiger charge is -2.36. The number of hydrogen-bond acceptors (Lipinski definition) is 5. The first-order valence-electron chi connectivity index (χ1n) is 8.90. The number of nitrogens with zero attached hydrogens (tertiary/aromatic N) is 4. The van der Waals surface area contributed by atoms with Gasteiger partial charge in [0.15, 0.2) is 0 Å². The summed E-state index contributed by atoms with van der Waals surface area (Å²) in [6, 6.07) is 0.142. The molecule has 0 radical (unpaired) electrons. The molecule has 24 heavy (non-hydrogen) atoms. The number of carbonyl (C=O) groups excluding carboxylic acids is 1. The van der Waals surface area contributed by atoms with Crippen molar-refractivity contribution in [1.82, 2.24) is 24.7 Å². The molecule has 3 rings (SSSR count). The number of aryl methyl sites for hydroxylation is 1. The smallest absolute Gasteiger partial charge is 0.224 e. The van der Waals surface area contributed by atoms with E-state index in [9.17, 15) is 4.79 Å². The predicted octanol–water partition coefficient (Wildman–Crippen LogP) is 0.473. The Labute approximate surface area is 144 Å². The van der Waals surface area contributed by atoms with Crippen LogP contribution in [0.1, 0.15) is 24.2 Å². The molecule has 0 unspecified atom stereocenters. The first-order valence-corrected chi connectivity index (χ1v) is 8.90. The van der Waals surface area contributed by atoms with Crippen LogP contribution in [0.4, 0.5) is 0 Å². The second-order valence-corrected chi connectivity index (χ2v) is 6.92. The number of H-pyrrole nitrogens is 1. The second-order valence-electron chi connectivity index (χ2n) is 6.92. The standard InChI is InChI=1S/C17H29N5O2/c1-14-16(19-13-18-14)11-22-8-9-24-12-15(22)10-17(23)21-5-3-4-20(2)6-7-21/h13,15H,3-12H2,1-2H3,(H,18,19)/t15-/m1/s1. The SMILES string of the molecule is Cc1[nH]cnc1CN1CCOC[C@H]1CC(=O)N1CCCN(C)CC1. The van der Waals surface area contributed by atoms with E-state index in [-0.39, 0.29) is 11.9 Å². The molecular weight excluding hydrogens is 306 g/mol. The van der Waals surface area contributed by atoms with Crippen molar-refractivity contribution in [3.63, 3.8) is 0 Å². The van der Waals surface area contributed by atoms with Crippen molar-refractivity contribution >= 4 is 5.91 Å². The molecule has 7 heteroatoms. The molecule has 0 saturated carbocycles. The molecule has 0 aliphatic carbocycles. The number of rotatable bonds is 4. The Morgan fingerprint density at radius 3 is 3.00 bits per heavy atom. The summed E-state index contributed by atoms with van der Waals surface area (Å²) in [5.41, 5.74) is 2.16. The molecule has 1 N–H and O–H groups in total. The number of carbonyl (C=O) groups is 1. The predicted molar refractivity (Wildman–Crippen MR) is 91.7 cm³/mol. The Bertz CT molecular complexity index is 547. The van der Waals surface area contributed by atoms with E-state index in [1.54, 1.807) is 6.33 Å². The Kier molecular flexibility index (Phi) is 5.86. The van der Waals surface area contributed by atoms with E-state index in [0.29, 0.717) is 13.0 Å². The molecule has 1 atom stereocenters. The summed E-state index contributed by atoms with van der Waals surface area (Å²) >= 11 is 0. The van der Waals surface area contributed by atoms with Gasteiger partial charge in [-0.05, 0) is 26.9 Å². The largest absolute Gasteiger partial charge is 0.378 e. The van der Waals surface area contributed by atoms with E-state index in [1.807, 2.05) is 11.8 Å². The summed E-state index contributed by atoms with van der Waals surface area (Å²) < 4.78 is 5.64. The van der Waals surface area contributed by atoms with E-state index in [4.69, 9.17) is 4.74 Å². The van der Waals surface area contributed by atoms with E-state index in [2.05, 4.69) is 26.8 Å². The van der Waals surface area contributed by atoms with Gasteiger partial charge in [0.1, 0.15) is 0 Å². The number of aromatic amines is 1. The minimum Gasteiger partial charge on any atom is -0.378 e. The van der Waals surface area contributed by atoms with Crippen LogP contribution in [-0.2, 0) is 16.1 Å². The summed E-state index contributed by atoms with van der Waals surface area (Å²) in [4.78, 5) is 26.9. The Morgan fingerprint density at radius 2 is 2.21 bits per heavy atom. The summed E-state index contributed by atoms with van der Waals surface area (Å²) in [6.07, 6.45) is 3.33. The fraction of sp³-hybridized carbons (Fsp3) is 0.765. The van der Waals surface area contributed by atoms with Gasteiger partial charge in [0, 0.05) is 50.9 Å². The van der Waals surface area contributed by atoms with Crippen molar-refractivity contribution in [1.29, 1.82) is 0 Å². The van der Waals surface area contributed by atoms with Crippen LogP contribution in [0.15, 0.2) is 6.33 Å². The zero-order valence-corrected chi connectivity index (χ0v) is 14.8. The van der Waals surface area contributed by atoms with Crippen LogP contribution in [0.3, 0.4) is 0 Å². The number of amides is 1. The van der Waals surface area contributed by atoms with Gasteiger partial charge in [0.25, 0.3) is 0 Å². The van der Waals surface area contributed by atoms with Crippen molar-refractivity contribution in [3.8, 4) is 0 Å². The quantitative estimate of drug-likeness (QED) is 0.867. The first kappa shape index (κ1) is 17.4. The highest BCUT2D eigenvalue weighted by Crippen LogP contribution is 2.17. The van der Waals surface area contributed by atoms with Crippen molar-refractivity contribution in [2.45, 2.75) is 32.4 Å². The molecule has 1 aromatic heterocycles. The highest BCUT2D eigenvalue weighted by Gasteiger charge is 2.28. The normalized spacial score (nSPS) is 24.1. The molecule has 0 aromatic carbocycles. The molecule has 2 aliphatic rings. The molecular formula is C17H29N5O2. The maximum Gasteiger partial charge on any atom is 0.224 e. The van der Waals surface area contributed by atoms with Gasteiger partial charge in [-0.25, -0.2) is 4.98 Å². The summed E-state index contributed by atoms with van der Waals surface area (Å²) in [7, 11) is 2.12. The van der Waals surface area contributed by atoms with Crippen molar-refractivity contribution < 1.29 is 9.53 Å². The topological polar surface area (TPSA) is 64.7 Å². The second kappa shape index (κ2) is 8.09. The highest BCUT2D eigenvalue weighted by atomic mass is 16.5. The third kappa shape index (κ3) is 4.34. The number of nitrogens with one attached hydrogen (secondary N) is 1. The van der Waals surface area contributed by atoms with E-state index >= 15 is 0 Å². The van der Waals surface area contributed by atoms with E-state index < -0.39 is 0 Å². The molecule has 0 bridgehead atoms. The minimum absolute atomic E-state index is 0.142. The molecule has 2 fully saturated rings. The monoisotopic (exact) mass is 335 g/mol. The average Bonchev–Trinajstić information content (AvgIpc) is 2.84. The van der Waals surface area contributed by atoms with Gasteiger partial charge in [-0.3, -0.25) is 9.69 Å². The number of likely N-dealkylation sites (N-methyl/N-ethyl adjacent to an activating group) is 1. The minimum atomic E-state index is 0.142. The van der Waals surface area contributed by atoms with Crippen LogP contribution >= 0.6 is 0 Å². The van der Waals surface area contributed by atoms with Gasteiger partial charge in [-0.2, -0.15) is 0 Å². The van der Waals surface area contributed by atoms with Crippen molar-refractivity contribution in [2.24, 2.45) is 0 Å². The third-order valence-corrected chi connectivity index (χ3v) is 5.12. The maximum absolute atomic E-state index is 12.7. The lowest BCUT2D eigenvalue weighted by atomic mass is 10.1. The van der Waals surface area contributed by atoms with Gasteiger partial charge in [-0.15, -0.1) is 0 Å². The lowest BCUT2D eigenvalue weighted by molar-refractivity contribution is -0.134. The van der Waals surface area contributed by atoms with Crippen LogP contribution in [0.5, 0.6) is 0 Å². The molecule has 134 valence electrons. The molecule has 0 spiro atoms. The first-order chi connectivity index (χ1) is 11.6. The summed E-state index contributed by atoms with van der Waals surface area (Å²) in [5.74, 6) is 0.254. The number of aromatic nitrogens is 2. The van der Waals surface area contributed by atoms with Crippen molar-refractivity contribution in [2.75, 3.05) is 53.0 Å². The molecule has 3 heterocycles. The Hall–Kier alpha value is -1.44. The molecule has 2 saturated heterocycles. The van der Waals surface area contributed by atoms with Gasteiger partial charge >= 0.3 is 0 Å². The zero-order chi connectivity index (χ0) is 16.9. The number of ether oxygens (including phenoxy) is 1. The van der Waals surface area contributed by atoms with Crippen LogP contribution in [-0.4, -0.2) is 89.6 Å². The van der Waals surface area contributed by atoms with Gasteiger partial charge in [0.2, 0.25) is 5.91 Å². The molecule has 7 nitrogen and oxygen atoms in total. The van der Waals surface area contributed by atoms with Crippen LogP contribution in [0, 0.1) is 6.92 Å².